The average molecular weight is 301 g/mol. The summed E-state index contributed by atoms with van der Waals surface area (Å²) >= 11 is 0. The third-order valence-corrected chi connectivity index (χ3v) is 3.82. The molecule has 1 N–H and O–H groups in total. The van der Waals surface area contributed by atoms with E-state index in [-0.39, 0.29) is 18.2 Å². The lowest BCUT2D eigenvalue weighted by Gasteiger charge is -2.25. The molecule has 3 rings (SSSR count). The third-order valence-electron chi connectivity index (χ3n) is 3.82. The standard InChI is InChI=1S/C16H19N3O3/c1-11-10-21-8-7-13(11)16-18-14(19-22-16)9-15(20)17-12-5-3-2-4-6-12/h2-6,11,13H,7-10H2,1H3,(H,17,20)/t11-,13-/m0/s1. The molecule has 2 atom stereocenters. The summed E-state index contributed by atoms with van der Waals surface area (Å²) < 4.78 is 10.7. The molecule has 2 aromatic rings. The molecule has 6 heteroatoms. The highest BCUT2D eigenvalue weighted by molar-refractivity contribution is 5.91. The van der Waals surface area contributed by atoms with Gasteiger partial charge in [-0.05, 0) is 24.5 Å². The van der Waals surface area contributed by atoms with Crippen LogP contribution in [0.2, 0.25) is 0 Å². The fraction of sp³-hybridized carbons (Fsp3) is 0.438. The molecule has 6 nitrogen and oxygen atoms in total. The second kappa shape index (κ2) is 6.70. The van der Waals surface area contributed by atoms with Crippen LogP contribution in [0, 0.1) is 5.92 Å². The number of nitrogens with zero attached hydrogens (tertiary/aromatic N) is 2. The van der Waals surface area contributed by atoms with Crippen LogP contribution >= 0.6 is 0 Å². The maximum absolute atomic E-state index is 12.0. The van der Waals surface area contributed by atoms with Crippen LogP contribution in [0.4, 0.5) is 5.69 Å². The van der Waals surface area contributed by atoms with E-state index in [9.17, 15) is 4.79 Å². The number of anilines is 1. The zero-order valence-electron chi connectivity index (χ0n) is 12.5. The number of hydrogen-bond donors (Lipinski definition) is 1. The topological polar surface area (TPSA) is 77.2 Å². The first-order valence-corrected chi connectivity index (χ1v) is 7.47. The van der Waals surface area contributed by atoms with Crippen LogP contribution in [0.3, 0.4) is 0 Å². The summed E-state index contributed by atoms with van der Waals surface area (Å²) in [5, 5.41) is 6.73. The van der Waals surface area contributed by atoms with Crippen LogP contribution < -0.4 is 5.32 Å². The molecule has 0 bridgehead atoms. The van der Waals surface area contributed by atoms with Crippen molar-refractivity contribution in [2.24, 2.45) is 5.92 Å². The van der Waals surface area contributed by atoms with Crippen molar-refractivity contribution < 1.29 is 14.1 Å². The Morgan fingerprint density at radius 3 is 2.95 bits per heavy atom. The molecule has 1 aromatic carbocycles. The van der Waals surface area contributed by atoms with Gasteiger partial charge in [0.1, 0.15) is 0 Å². The van der Waals surface area contributed by atoms with Gasteiger partial charge in [-0.3, -0.25) is 4.79 Å². The van der Waals surface area contributed by atoms with Gasteiger partial charge in [-0.2, -0.15) is 4.98 Å². The molecule has 1 amide bonds. The van der Waals surface area contributed by atoms with E-state index in [0.717, 1.165) is 12.1 Å². The summed E-state index contributed by atoms with van der Waals surface area (Å²) in [7, 11) is 0. The number of ether oxygens (including phenoxy) is 1. The second-order valence-electron chi connectivity index (χ2n) is 5.59. The molecule has 1 saturated heterocycles. The summed E-state index contributed by atoms with van der Waals surface area (Å²) in [6.45, 7) is 3.52. The summed E-state index contributed by atoms with van der Waals surface area (Å²) in [4.78, 5) is 16.4. The van der Waals surface area contributed by atoms with E-state index in [2.05, 4.69) is 22.4 Å². The lowest BCUT2D eigenvalue weighted by atomic mass is 9.90. The van der Waals surface area contributed by atoms with Crippen molar-refractivity contribution in [3.63, 3.8) is 0 Å². The number of benzene rings is 1. The normalized spacial score (nSPS) is 21.5. The van der Waals surface area contributed by atoms with Crippen molar-refractivity contribution in [1.29, 1.82) is 0 Å². The van der Waals surface area contributed by atoms with Crippen LogP contribution in [-0.2, 0) is 16.0 Å². The molecule has 0 radical (unpaired) electrons. The first-order valence-electron chi connectivity index (χ1n) is 7.47. The number of aromatic nitrogens is 2. The predicted octanol–water partition coefficient (Wildman–Crippen LogP) is 2.39. The zero-order valence-corrected chi connectivity index (χ0v) is 12.5. The molecule has 1 fully saturated rings. The molecule has 0 aliphatic carbocycles. The summed E-state index contributed by atoms with van der Waals surface area (Å²) in [6, 6.07) is 9.31. The first kappa shape index (κ1) is 14.7. The van der Waals surface area contributed by atoms with Gasteiger partial charge in [0.25, 0.3) is 0 Å². The van der Waals surface area contributed by atoms with Gasteiger partial charge in [0.05, 0.1) is 6.42 Å². The SMILES string of the molecule is C[C@H]1COCC[C@@H]1c1nc(CC(=O)Nc2ccccc2)no1. The van der Waals surface area contributed by atoms with Crippen molar-refractivity contribution in [2.45, 2.75) is 25.7 Å². The smallest absolute Gasteiger partial charge is 0.232 e. The van der Waals surface area contributed by atoms with Crippen molar-refractivity contribution in [3.05, 3.63) is 42.0 Å². The van der Waals surface area contributed by atoms with Crippen LogP contribution in [0.1, 0.15) is 31.0 Å². The Morgan fingerprint density at radius 2 is 2.18 bits per heavy atom. The summed E-state index contributed by atoms with van der Waals surface area (Å²) in [6.07, 6.45) is 0.981. The minimum absolute atomic E-state index is 0.107. The van der Waals surface area contributed by atoms with Gasteiger partial charge in [-0.25, -0.2) is 0 Å². The highest BCUT2D eigenvalue weighted by Gasteiger charge is 2.28. The number of rotatable bonds is 4. The highest BCUT2D eigenvalue weighted by atomic mass is 16.5. The van der Waals surface area contributed by atoms with E-state index in [1.165, 1.54) is 0 Å². The zero-order chi connectivity index (χ0) is 15.4. The second-order valence-corrected chi connectivity index (χ2v) is 5.59. The molecule has 2 heterocycles. The van der Waals surface area contributed by atoms with E-state index >= 15 is 0 Å². The van der Waals surface area contributed by atoms with Gasteiger partial charge in [0.15, 0.2) is 5.82 Å². The van der Waals surface area contributed by atoms with E-state index in [0.29, 0.717) is 30.8 Å². The maximum atomic E-state index is 12.0. The minimum atomic E-state index is -0.154. The molecule has 116 valence electrons. The molecule has 0 spiro atoms. The molecular weight excluding hydrogens is 282 g/mol. The quantitative estimate of drug-likeness (QED) is 0.938. The third kappa shape index (κ3) is 3.51. The largest absolute Gasteiger partial charge is 0.381 e. The first-order chi connectivity index (χ1) is 10.7. The molecule has 1 aliphatic rings. The molecule has 0 unspecified atom stereocenters. The Balaban J connectivity index is 1.60. The average Bonchev–Trinajstić information content (AvgIpc) is 2.97. The Labute approximate surface area is 128 Å². The Bertz CT molecular complexity index is 627. The Kier molecular flexibility index (Phi) is 4.48. The van der Waals surface area contributed by atoms with Gasteiger partial charge in [-0.1, -0.05) is 30.3 Å². The summed E-state index contributed by atoms with van der Waals surface area (Å²) in [5.74, 6) is 1.44. The fourth-order valence-corrected chi connectivity index (χ4v) is 2.61. The molecule has 1 aliphatic heterocycles. The maximum Gasteiger partial charge on any atom is 0.232 e. The summed E-state index contributed by atoms with van der Waals surface area (Å²) in [5.41, 5.74) is 0.759. The number of amides is 1. The number of para-hydroxylation sites is 1. The molecular formula is C16H19N3O3. The molecule has 22 heavy (non-hydrogen) atoms. The monoisotopic (exact) mass is 301 g/mol. The Hall–Kier alpha value is -2.21. The number of hydrogen-bond acceptors (Lipinski definition) is 5. The van der Waals surface area contributed by atoms with Gasteiger partial charge >= 0.3 is 0 Å². The Morgan fingerprint density at radius 1 is 1.36 bits per heavy atom. The minimum Gasteiger partial charge on any atom is -0.381 e. The van der Waals surface area contributed by atoms with Gasteiger partial charge in [0, 0.05) is 24.8 Å². The fourth-order valence-electron chi connectivity index (χ4n) is 2.61. The van der Waals surface area contributed by atoms with Crippen LogP contribution in [0.15, 0.2) is 34.9 Å². The van der Waals surface area contributed by atoms with Crippen molar-refractivity contribution >= 4 is 11.6 Å². The van der Waals surface area contributed by atoms with Crippen molar-refractivity contribution in [3.8, 4) is 0 Å². The van der Waals surface area contributed by atoms with Crippen molar-refractivity contribution in [1.82, 2.24) is 10.1 Å². The van der Waals surface area contributed by atoms with Gasteiger partial charge < -0.3 is 14.6 Å². The van der Waals surface area contributed by atoms with Gasteiger partial charge in [0.2, 0.25) is 11.8 Å². The van der Waals surface area contributed by atoms with Gasteiger partial charge in [-0.15, -0.1) is 0 Å². The van der Waals surface area contributed by atoms with Crippen molar-refractivity contribution in [2.75, 3.05) is 18.5 Å². The molecule has 0 saturated carbocycles. The number of nitrogens with one attached hydrogen (secondary N) is 1. The van der Waals surface area contributed by atoms with E-state index in [1.807, 2.05) is 30.3 Å². The molecule has 1 aromatic heterocycles. The lowest BCUT2D eigenvalue weighted by molar-refractivity contribution is -0.115. The van der Waals surface area contributed by atoms with E-state index in [4.69, 9.17) is 9.26 Å². The van der Waals surface area contributed by atoms with E-state index in [1.54, 1.807) is 0 Å². The predicted molar refractivity (Wildman–Crippen MR) is 80.4 cm³/mol. The van der Waals surface area contributed by atoms with Crippen LogP contribution in [0.5, 0.6) is 0 Å². The number of carbonyl (C=O) groups is 1. The highest BCUT2D eigenvalue weighted by Crippen LogP contribution is 2.30. The van der Waals surface area contributed by atoms with E-state index < -0.39 is 0 Å². The number of carbonyl (C=O) groups excluding carboxylic acids is 1. The van der Waals surface area contributed by atoms with Crippen LogP contribution in [-0.4, -0.2) is 29.3 Å². The lowest BCUT2D eigenvalue weighted by Crippen LogP contribution is -2.23. The van der Waals surface area contributed by atoms with Crippen LogP contribution in [0.25, 0.3) is 0 Å².